The van der Waals surface area contributed by atoms with Gasteiger partial charge in [0.25, 0.3) is 0 Å². The molecule has 4 rings (SSSR count). The normalized spacial score (nSPS) is 10.8. The molecule has 25 heavy (non-hydrogen) atoms. The van der Waals surface area contributed by atoms with Crippen molar-refractivity contribution in [2.45, 2.75) is 13.3 Å². The fourth-order valence-electron chi connectivity index (χ4n) is 3.07. The van der Waals surface area contributed by atoms with Gasteiger partial charge in [-0.3, -0.25) is 0 Å². The molecule has 0 spiro atoms. The van der Waals surface area contributed by atoms with Crippen LogP contribution in [0.1, 0.15) is 16.7 Å². The number of rotatable bonds is 4. The quantitative estimate of drug-likeness (QED) is 0.378. The van der Waals surface area contributed by atoms with E-state index in [1.165, 1.54) is 36.7 Å². The molecule has 1 heterocycles. The number of aryl methyl sites for hydroxylation is 1. The molecule has 0 unspecified atom stereocenters. The first-order chi connectivity index (χ1) is 12.3. The van der Waals surface area contributed by atoms with Gasteiger partial charge in [-0.25, -0.2) is 0 Å². The summed E-state index contributed by atoms with van der Waals surface area (Å²) >= 11 is 0.348. The van der Waals surface area contributed by atoms with E-state index in [1.807, 2.05) is 0 Å². The average molecular weight is 387 g/mol. The minimum absolute atomic E-state index is 0.348. The third-order valence-corrected chi connectivity index (χ3v) is 7.09. The van der Waals surface area contributed by atoms with Crippen molar-refractivity contribution in [3.63, 3.8) is 0 Å². The maximum atomic E-state index is 2.43. The van der Waals surface area contributed by atoms with Crippen LogP contribution in [0.25, 0.3) is 20.0 Å². The van der Waals surface area contributed by atoms with Crippen LogP contribution in [0.15, 0.2) is 91.0 Å². The van der Waals surface area contributed by atoms with Crippen LogP contribution in [0.5, 0.6) is 0 Å². The average Bonchev–Trinajstić information content (AvgIpc) is 3.08. The predicted octanol–water partition coefficient (Wildman–Crippen LogP) is 5.98. The Morgan fingerprint density at radius 2 is 1.32 bits per heavy atom. The van der Waals surface area contributed by atoms with Crippen molar-refractivity contribution < 1.29 is 0 Å². The Morgan fingerprint density at radius 3 is 2.00 bits per heavy atom. The molecule has 0 nitrogen and oxygen atoms in total. The summed E-state index contributed by atoms with van der Waals surface area (Å²) < 4.78 is 3.00. The second-order valence-electron chi connectivity index (χ2n) is 6.36. The predicted molar refractivity (Wildman–Crippen MR) is 108 cm³/mol. The Kier molecular flexibility index (Phi) is 4.70. The zero-order valence-corrected chi connectivity index (χ0v) is 16.0. The molecule has 0 bridgehead atoms. The summed E-state index contributed by atoms with van der Waals surface area (Å²) in [6.07, 6.45) is 1.00. The second kappa shape index (κ2) is 7.27. The van der Waals surface area contributed by atoms with Crippen molar-refractivity contribution in [2.24, 2.45) is 0 Å². The first-order valence-electron chi connectivity index (χ1n) is 8.59. The van der Waals surface area contributed by atoms with Crippen LogP contribution in [-0.4, -0.2) is 14.5 Å². The molecule has 3 aromatic carbocycles. The van der Waals surface area contributed by atoms with E-state index in [1.54, 1.807) is 0 Å². The van der Waals surface area contributed by atoms with Gasteiger partial charge < -0.3 is 0 Å². The fraction of sp³-hybridized carbons (Fsp3) is 0.0833. The van der Waals surface area contributed by atoms with Crippen molar-refractivity contribution in [1.29, 1.82) is 0 Å². The zero-order chi connectivity index (χ0) is 17.1. The van der Waals surface area contributed by atoms with Gasteiger partial charge in [-0.15, -0.1) is 0 Å². The van der Waals surface area contributed by atoms with Crippen molar-refractivity contribution >= 4 is 14.5 Å². The SMILES string of the molecule is Cc1ccc(-c2[se]c(-c3ccccc3)cc2Cc2ccccc2)cc1. The van der Waals surface area contributed by atoms with Gasteiger partial charge in [-0.1, -0.05) is 0 Å². The van der Waals surface area contributed by atoms with Crippen LogP contribution < -0.4 is 0 Å². The molecule has 0 aliphatic heterocycles. The molecule has 0 N–H and O–H groups in total. The number of hydrogen-bond acceptors (Lipinski definition) is 0. The van der Waals surface area contributed by atoms with Crippen molar-refractivity contribution in [2.75, 3.05) is 0 Å². The maximum absolute atomic E-state index is 2.43. The molecule has 0 amide bonds. The van der Waals surface area contributed by atoms with Gasteiger partial charge >= 0.3 is 156 Å². The van der Waals surface area contributed by atoms with Crippen LogP contribution in [0, 0.1) is 6.92 Å². The number of hydrogen-bond donors (Lipinski definition) is 0. The first-order valence-corrected chi connectivity index (χ1v) is 10.3. The van der Waals surface area contributed by atoms with Gasteiger partial charge in [0.15, 0.2) is 0 Å². The van der Waals surface area contributed by atoms with Crippen LogP contribution >= 0.6 is 0 Å². The minimum atomic E-state index is 0.348. The van der Waals surface area contributed by atoms with E-state index in [-0.39, 0.29) is 0 Å². The van der Waals surface area contributed by atoms with Gasteiger partial charge in [0.1, 0.15) is 0 Å². The molecule has 0 aliphatic carbocycles. The molecule has 1 aromatic heterocycles. The van der Waals surface area contributed by atoms with Gasteiger partial charge in [0, 0.05) is 0 Å². The van der Waals surface area contributed by atoms with E-state index < -0.39 is 0 Å². The molecule has 0 atom stereocenters. The van der Waals surface area contributed by atoms with Crippen LogP contribution in [0.4, 0.5) is 0 Å². The van der Waals surface area contributed by atoms with Crippen LogP contribution in [-0.2, 0) is 6.42 Å². The molecule has 122 valence electrons. The molecule has 0 radical (unpaired) electrons. The molecule has 0 aliphatic rings. The molecular weight excluding hydrogens is 367 g/mol. The third-order valence-electron chi connectivity index (χ3n) is 4.42. The summed E-state index contributed by atoms with van der Waals surface area (Å²) in [6, 6.07) is 33.0. The molecule has 0 fully saturated rings. The van der Waals surface area contributed by atoms with Gasteiger partial charge in [-0.2, -0.15) is 0 Å². The molecule has 1 heteroatoms. The first kappa shape index (κ1) is 16.1. The Balaban J connectivity index is 1.80. The van der Waals surface area contributed by atoms with Crippen LogP contribution in [0.2, 0.25) is 0 Å². The summed E-state index contributed by atoms with van der Waals surface area (Å²) in [6.45, 7) is 2.15. The third kappa shape index (κ3) is 3.69. The summed E-state index contributed by atoms with van der Waals surface area (Å²) in [5.74, 6) is 0. The van der Waals surface area contributed by atoms with Crippen LogP contribution in [0.3, 0.4) is 0 Å². The molecule has 0 saturated carbocycles. The summed E-state index contributed by atoms with van der Waals surface area (Å²) in [5.41, 5.74) is 6.89. The molecule has 0 saturated heterocycles. The Morgan fingerprint density at radius 1 is 0.680 bits per heavy atom. The summed E-state index contributed by atoms with van der Waals surface area (Å²) in [7, 11) is 0. The van der Waals surface area contributed by atoms with E-state index in [0.717, 1.165) is 6.42 Å². The van der Waals surface area contributed by atoms with E-state index in [2.05, 4.69) is 97.9 Å². The summed E-state index contributed by atoms with van der Waals surface area (Å²) in [4.78, 5) is 0. The van der Waals surface area contributed by atoms with E-state index in [0.29, 0.717) is 14.5 Å². The Bertz CT molecular complexity index is 948. The van der Waals surface area contributed by atoms with Crippen molar-refractivity contribution in [3.8, 4) is 20.0 Å². The van der Waals surface area contributed by atoms with Gasteiger partial charge in [0.05, 0.1) is 0 Å². The van der Waals surface area contributed by atoms with Crippen molar-refractivity contribution in [3.05, 3.63) is 108 Å². The van der Waals surface area contributed by atoms with E-state index in [9.17, 15) is 0 Å². The molecule has 4 aromatic rings. The standard InChI is InChI=1S/C24H20Se/c1-18-12-14-21(15-13-18)24-22(16-19-8-4-2-5-9-19)17-23(25-24)20-10-6-3-7-11-20/h2-15,17H,16H2,1H3. The van der Waals surface area contributed by atoms with Gasteiger partial charge in [0.2, 0.25) is 0 Å². The monoisotopic (exact) mass is 388 g/mol. The molecular formula is C24H20Se. The second-order valence-corrected chi connectivity index (χ2v) is 8.57. The topological polar surface area (TPSA) is 0 Å². The summed E-state index contributed by atoms with van der Waals surface area (Å²) in [5, 5.41) is 0. The van der Waals surface area contributed by atoms with E-state index >= 15 is 0 Å². The Hall–Kier alpha value is -2.34. The van der Waals surface area contributed by atoms with E-state index in [4.69, 9.17) is 0 Å². The van der Waals surface area contributed by atoms with Gasteiger partial charge in [-0.05, 0) is 0 Å². The fourth-order valence-corrected chi connectivity index (χ4v) is 5.57. The number of benzene rings is 3. The zero-order valence-electron chi connectivity index (χ0n) is 14.3. The Labute approximate surface area is 155 Å². The van der Waals surface area contributed by atoms with Crippen molar-refractivity contribution in [1.82, 2.24) is 0 Å².